The number of nitrogens with one attached hydrogen (secondary N) is 1. The maximum atomic E-state index is 12.6. The molecule has 0 aliphatic rings. The Hall–Kier alpha value is -3.39. The van der Waals surface area contributed by atoms with Crippen LogP contribution in [-0.2, 0) is 12.2 Å². The molecule has 2 heterocycles. The number of benzene rings is 2. The first-order valence-corrected chi connectivity index (χ1v) is 10.9. The van der Waals surface area contributed by atoms with E-state index in [4.69, 9.17) is 9.26 Å². The Morgan fingerprint density at radius 3 is 2.71 bits per heavy atom. The fourth-order valence-electron chi connectivity index (χ4n) is 3.11. The van der Waals surface area contributed by atoms with Gasteiger partial charge in [0.15, 0.2) is 5.16 Å². The molecule has 0 atom stereocenters. The number of aryl methyl sites for hydroxylation is 1. The molecular formula is C23H22N4O3S. The zero-order chi connectivity index (χ0) is 21.6. The van der Waals surface area contributed by atoms with Crippen molar-refractivity contribution in [1.29, 1.82) is 0 Å². The summed E-state index contributed by atoms with van der Waals surface area (Å²) >= 11 is 1.35. The first kappa shape index (κ1) is 20.9. The zero-order valence-corrected chi connectivity index (χ0v) is 18.1. The highest BCUT2D eigenvalue weighted by molar-refractivity contribution is 7.98. The third-order valence-corrected chi connectivity index (χ3v) is 5.49. The summed E-state index contributed by atoms with van der Waals surface area (Å²) in [5.41, 5.74) is 3.15. The molecule has 0 fully saturated rings. The first-order valence-electron chi connectivity index (χ1n) is 9.94. The SMILES string of the molecule is CCOc1cccc(-c2noc(CSc3nc(C)c(Cc4ccccc4)c(=O)[nH]3)n2)c1. The number of aromatic amines is 1. The number of H-pyrrole nitrogens is 1. The van der Waals surface area contributed by atoms with Gasteiger partial charge in [0.1, 0.15) is 5.75 Å². The Kier molecular flexibility index (Phi) is 6.47. The lowest BCUT2D eigenvalue weighted by Gasteiger charge is -2.06. The van der Waals surface area contributed by atoms with Crippen molar-refractivity contribution >= 4 is 11.8 Å². The third-order valence-electron chi connectivity index (χ3n) is 4.63. The smallest absolute Gasteiger partial charge is 0.255 e. The molecule has 0 aliphatic carbocycles. The quantitative estimate of drug-likeness (QED) is 0.324. The molecule has 158 valence electrons. The van der Waals surface area contributed by atoms with E-state index in [0.29, 0.717) is 46.9 Å². The average Bonchev–Trinajstić information content (AvgIpc) is 3.25. The molecular weight excluding hydrogens is 412 g/mol. The van der Waals surface area contributed by atoms with Crippen molar-refractivity contribution in [3.63, 3.8) is 0 Å². The van der Waals surface area contributed by atoms with E-state index in [0.717, 1.165) is 16.9 Å². The number of aromatic nitrogens is 4. The van der Waals surface area contributed by atoms with E-state index in [1.807, 2.05) is 68.4 Å². The number of hydrogen-bond donors (Lipinski definition) is 1. The van der Waals surface area contributed by atoms with Crippen LogP contribution in [0.25, 0.3) is 11.4 Å². The lowest BCUT2D eigenvalue weighted by molar-refractivity contribution is 0.340. The van der Waals surface area contributed by atoms with Crippen molar-refractivity contribution < 1.29 is 9.26 Å². The average molecular weight is 435 g/mol. The van der Waals surface area contributed by atoms with Gasteiger partial charge in [0.25, 0.3) is 5.56 Å². The Morgan fingerprint density at radius 2 is 1.94 bits per heavy atom. The van der Waals surface area contributed by atoms with Gasteiger partial charge >= 0.3 is 0 Å². The van der Waals surface area contributed by atoms with Gasteiger partial charge < -0.3 is 14.2 Å². The summed E-state index contributed by atoms with van der Waals surface area (Å²) in [7, 11) is 0. The molecule has 4 aromatic rings. The highest BCUT2D eigenvalue weighted by atomic mass is 32.2. The Bertz CT molecular complexity index is 1220. The van der Waals surface area contributed by atoms with Crippen LogP contribution < -0.4 is 10.3 Å². The summed E-state index contributed by atoms with van der Waals surface area (Å²) in [6, 6.07) is 17.4. The predicted molar refractivity (Wildman–Crippen MR) is 119 cm³/mol. The molecule has 0 saturated heterocycles. The van der Waals surface area contributed by atoms with Crippen LogP contribution in [0.15, 0.2) is 69.1 Å². The highest BCUT2D eigenvalue weighted by Crippen LogP contribution is 2.24. The van der Waals surface area contributed by atoms with E-state index in [2.05, 4.69) is 20.1 Å². The van der Waals surface area contributed by atoms with Crippen LogP contribution in [0.1, 0.15) is 29.6 Å². The minimum Gasteiger partial charge on any atom is -0.494 e. The van der Waals surface area contributed by atoms with Crippen molar-refractivity contribution in [1.82, 2.24) is 20.1 Å². The highest BCUT2D eigenvalue weighted by Gasteiger charge is 2.13. The van der Waals surface area contributed by atoms with Crippen molar-refractivity contribution in [2.75, 3.05) is 6.61 Å². The van der Waals surface area contributed by atoms with E-state index in [1.165, 1.54) is 11.8 Å². The lowest BCUT2D eigenvalue weighted by Crippen LogP contribution is -2.17. The van der Waals surface area contributed by atoms with Gasteiger partial charge in [-0.3, -0.25) is 4.79 Å². The second-order valence-electron chi connectivity index (χ2n) is 6.86. The minimum absolute atomic E-state index is 0.127. The Balaban J connectivity index is 1.44. The maximum Gasteiger partial charge on any atom is 0.255 e. The van der Waals surface area contributed by atoms with Crippen molar-refractivity contribution in [3.05, 3.63) is 87.7 Å². The van der Waals surface area contributed by atoms with E-state index in [1.54, 1.807) is 0 Å². The third kappa shape index (κ3) is 5.21. The standard InChI is InChI=1S/C23H22N4O3S/c1-3-29-18-11-7-10-17(13-18)21-25-20(30-27-21)14-31-23-24-15(2)19(22(28)26-23)12-16-8-5-4-6-9-16/h4-11,13H,3,12,14H2,1-2H3,(H,24,26,28). The topological polar surface area (TPSA) is 93.9 Å². The number of nitrogens with zero attached hydrogens (tertiary/aromatic N) is 3. The van der Waals surface area contributed by atoms with Gasteiger partial charge in [-0.05, 0) is 31.5 Å². The molecule has 0 bridgehead atoms. The number of hydrogen-bond acceptors (Lipinski definition) is 7. The molecule has 1 N–H and O–H groups in total. The molecule has 2 aromatic carbocycles. The molecule has 7 nitrogen and oxygen atoms in total. The zero-order valence-electron chi connectivity index (χ0n) is 17.3. The molecule has 31 heavy (non-hydrogen) atoms. The monoisotopic (exact) mass is 434 g/mol. The van der Waals surface area contributed by atoms with Gasteiger partial charge in [-0.2, -0.15) is 4.98 Å². The molecule has 0 aliphatic heterocycles. The van der Waals surface area contributed by atoms with Crippen LogP contribution in [0.2, 0.25) is 0 Å². The van der Waals surface area contributed by atoms with Crippen LogP contribution in [0, 0.1) is 6.92 Å². The van der Waals surface area contributed by atoms with Crippen molar-refractivity contribution in [2.45, 2.75) is 31.2 Å². The summed E-state index contributed by atoms with van der Waals surface area (Å²) in [6.45, 7) is 4.38. The lowest BCUT2D eigenvalue weighted by atomic mass is 10.1. The van der Waals surface area contributed by atoms with Crippen molar-refractivity contribution in [3.8, 4) is 17.1 Å². The normalized spacial score (nSPS) is 10.9. The summed E-state index contributed by atoms with van der Waals surface area (Å²) < 4.78 is 10.9. The summed E-state index contributed by atoms with van der Waals surface area (Å²) in [6.07, 6.45) is 0.549. The Morgan fingerprint density at radius 1 is 1.10 bits per heavy atom. The molecule has 0 unspecified atom stereocenters. The fourth-order valence-corrected chi connectivity index (χ4v) is 3.86. The van der Waals surface area contributed by atoms with E-state index >= 15 is 0 Å². The molecule has 8 heteroatoms. The fraction of sp³-hybridized carbons (Fsp3) is 0.217. The number of rotatable bonds is 8. The molecule has 0 amide bonds. The minimum atomic E-state index is -0.127. The van der Waals surface area contributed by atoms with Gasteiger partial charge in [0.05, 0.1) is 12.4 Å². The van der Waals surface area contributed by atoms with Crippen molar-refractivity contribution in [2.24, 2.45) is 0 Å². The number of ether oxygens (including phenoxy) is 1. The van der Waals surface area contributed by atoms with Gasteiger partial charge in [0, 0.05) is 23.2 Å². The molecule has 2 aromatic heterocycles. The second-order valence-corrected chi connectivity index (χ2v) is 7.82. The molecule has 4 rings (SSSR count). The molecule has 0 radical (unpaired) electrons. The van der Waals surface area contributed by atoms with Crippen LogP contribution in [-0.4, -0.2) is 26.7 Å². The molecule has 0 saturated carbocycles. The van der Waals surface area contributed by atoms with Crippen LogP contribution in [0.5, 0.6) is 5.75 Å². The van der Waals surface area contributed by atoms with E-state index < -0.39 is 0 Å². The number of thioether (sulfide) groups is 1. The first-order chi connectivity index (χ1) is 15.1. The van der Waals surface area contributed by atoms with Gasteiger partial charge in [-0.15, -0.1) is 0 Å². The van der Waals surface area contributed by atoms with Gasteiger partial charge in [-0.25, -0.2) is 4.98 Å². The van der Waals surface area contributed by atoms with Crippen LogP contribution in [0.3, 0.4) is 0 Å². The predicted octanol–water partition coefficient (Wildman–Crippen LogP) is 4.41. The maximum absolute atomic E-state index is 12.6. The van der Waals surface area contributed by atoms with Crippen LogP contribution in [0.4, 0.5) is 0 Å². The Labute approximate surface area is 183 Å². The summed E-state index contributed by atoms with van der Waals surface area (Å²) in [5, 5.41) is 4.57. The van der Waals surface area contributed by atoms with E-state index in [-0.39, 0.29) is 5.56 Å². The van der Waals surface area contributed by atoms with E-state index in [9.17, 15) is 4.79 Å². The van der Waals surface area contributed by atoms with Crippen LogP contribution >= 0.6 is 11.8 Å². The van der Waals surface area contributed by atoms with Gasteiger partial charge in [-0.1, -0.05) is 59.4 Å². The molecule has 0 spiro atoms. The summed E-state index contributed by atoms with van der Waals surface area (Å²) in [4.78, 5) is 24.4. The largest absolute Gasteiger partial charge is 0.494 e. The summed E-state index contributed by atoms with van der Waals surface area (Å²) in [5.74, 6) is 2.11. The second kappa shape index (κ2) is 9.61. The van der Waals surface area contributed by atoms with Gasteiger partial charge in [0.2, 0.25) is 11.7 Å².